The first-order chi connectivity index (χ1) is 10.6. The summed E-state index contributed by atoms with van der Waals surface area (Å²) >= 11 is 0. The second kappa shape index (κ2) is 7.16. The molecule has 22 heavy (non-hydrogen) atoms. The number of nitrogens with zero attached hydrogens (tertiary/aromatic N) is 1. The van der Waals surface area contributed by atoms with Gasteiger partial charge in [-0.25, -0.2) is 5.43 Å². The van der Waals surface area contributed by atoms with E-state index in [4.69, 9.17) is 0 Å². The van der Waals surface area contributed by atoms with E-state index in [1.54, 1.807) is 18.2 Å². The Bertz CT molecular complexity index is 690. The number of para-hydroxylation sites is 2. The van der Waals surface area contributed by atoms with Gasteiger partial charge in [0.25, 0.3) is 5.91 Å². The molecule has 114 valence electrons. The first-order valence-electron chi connectivity index (χ1n) is 6.23. The van der Waals surface area contributed by atoms with Crippen LogP contribution in [0.5, 0.6) is 11.5 Å². The van der Waals surface area contributed by atoms with E-state index in [-0.39, 0.29) is 22.6 Å². The van der Waals surface area contributed by atoms with Gasteiger partial charge >= 0.3 is 6.61 Å². The molecule has 2 N–H and O–H groups in total. The van der Waals surface area contributed by atoms with Crippen molar-refractivity contribution in [2.24, 2.45) is 5.10 Å². The molecule has 0 unspecified atom stereocenters. The number of hydrazone groups is 1. The van der Waals surface area contributed by atoms with E-state index in [0.717, 1.165) is 0 Å². The lowest BCUT2D eigenvalue weighted by Crippen LogP contribution is -2.17. The van der Waals surface area contributed by atoms with E-state index in [1.165, 1.54) is 36.5 Å². The average Bonchev–Trinajstić information content (AvgIpc) is 2.49. The zero-order valence-electron chi connectivity index (χ0n) is 11.2. The maximum absolute atomic E-state index is 12.3. The van der Waals surface area contributed by atoms with Gasteiger partial charge in [-0.15, -0.1) is 0 Å². The Morgan fingerprint density at radius 3 is 2.59 bits per heavy atom. The van der Waals surface area contributed by atoms with E-state index in [0.29, 0.717) is 0 Å². The average molecular weight is 306 g/mol. The van der Waals surface area contributed by atoms with Gasteiger partial charge in [-0.3, -0.25) is 4.79 Å². The lowest BCUT2D eigenvalue weighted by molar-refractivity contribution is -0.0499. The third kappa shape index (κ3) is 4.02. The summed E-state index contributed by atoms with van der Waals surface area (Å²) in [4.78, 5) is 11.8. The summed E-state index contributed by atoms with van der Waals surface area (Å²) in [6, 6.07) is 12.0. The fourth-order valence-corrected chi connectivity index (χ4v) is 1.68. The van der Waals surface area contributed by atoms with Crippen LogP contribution in [0.4, 0.5) is 8.78 Å². The maximum atomic E-state index is 12.3. The lowest BCUT2D eigenvalue weighted by atomic mass is 10.2. The van der Waals surface area contributed by atoms with Crippen LogP contribution >= 0.6 is 0 Å². The first-order valence-corrected chi connectivity index (χ1v) is 6.23. The Kier molecular flexibility index (Phi) is 5.02. The molecule has 0 aliphatic rings. The van der Waals surface area contributed by atoms with Gasteiger partial charge in [0.15, 0.2) is 0 Å². The van der Waals surface area contributed by atoms with Crippen LogP contribution in [-0.4, -0.2) is 23.8 Å². The largest absolute Gasteiger partial charge is 0.507 e. The van der Waals surface area contributed by atoms with Crippen LogP contribution in [0.2, 0.25) is 0 Å². The number of amides is 1. The molecule has 5 nitrogen and oxygen atoms in total. The summed E-state index contributed by atoms with van der Waals surface area (Å²) in [7, 11) is 0. The molecule has 2 aromatic rings. The number of ether oxygens (including phenoxy) is 1. The second-order valence-electron chi connectivity index (χ2n) is 4.13. The number of carbonyl (C=O) groups is 1. The molecule has 0 spiro atoms. The Hall–Kier alpha value is -2.96. The molecule has 0 atom stereocenters. The molecule has 0 aliphatic heterocycles. The highest BCUT2D eigenvalue weighted by atomic mass is 19.3. The van der Waals surface area contributed by atoms with Crippen LogP contribution < -0.4 is 10.2 Å². The Balaban J connectivity index is 2.07. The monoisotopic (exact) mass is 306 g/mol. The third-order valence-corrected chi connectivity index (χ3v) is 2.65. The van der Waals surface area contributed by atoms with Crippen molar-refractivity contribution in [1.29, 1.82) is 0 Å². The minimum atomic E-state index is -2.95. The van der Waals surface area contributed by atoms with Crippen molar-refractivity contribution >= 4 is 12.1 Å². The van der Waals surface area contributed by atoms with Crippen LogP contribution in [0, 0.1) is 0 Å². The summed E-state index contributed by atoms with van der Waals surface area (Å²) in [5.41, 5.74) is 2.53. The van der Waals surface area contributed by atoms with Crippen molar-refractivity contribution < 1.29 is 23.4 Å². The molecule has 0 saturated carbocycles. The molecule has 0 fully saturated rings. The lowest BCUT2D eigenvalue weighted by Gasteiger charge is -2.07. The summed E-state index contributed by atoms with van der Waals surface area (Å²) in [5, 5.41) is 13.2. The smallest absolute Gasteiger partial charge is 0.387 e. The zero-order chi connectivity index (χ0) is 15.9. The van der Waals surface area contributed by atoms with Gasteiger partial charge in [-0.1, -0.05) is 24.3 Å². The molecule has 1 amide bonds. The quantitative estimate of drug-likeness (QED) is 0.659. The summed E-state index contributed by atoms with van der Waals surface area (Å²) < 4.78 is 28.8. The van der Waals surface area contributed by atoms with Gasteiger partial charge in [0.05, 0.1) is 11.8 Å². The van der Waals surface area contributed by atoms with Crippen molar-refractivity contribution in [2.75, 3.05) is 0 Å². The SMILES string of the molecule is O=C(NN=Cc1ccccc1OC(F)F)c1ccccc1O. The third-order valence-electron chi connectivity index (χ3n) is 2.65. The summed E-state index contributed by atoms with van der Waals surface area (Å²) in [6.45, 7) is -2.95. The van der Waals surface area contributed by atoms with Gasteiger partial charge in [-0.05, 0) is 24.3 Å². The molecule has 0 radical (unpaired) electrons. The Labute approximate surface area is 124 Å². The fraction of sp³-hybridized carbons (Fsp3) is 0.0667. The van der Waals surface area contributed by atoms with Gasteiger partial charge in [0.1, 0.15) is 11.5 Å². The zero-order valence-corrected chi connectivity index (χ0v) is 11.2. The fourth-order valence-electron chi connectivity index (χ4n) is 1.68. The van der Waals surface area contributed by atoms with Gasteiger partial charge in [0.2, 0.25) is 0 Å². The number of phenols is 1. The number of nitrogens with one attached hydrogen (secondary N) is 1. The highest BCUT2D eigenvalue weighted by molar-refractivity contribution is 5.97. The van der Waals surface area contributed by atoms with E-state index in [2.05, 4.69) is 15.3 Å². The number of hydrogen-bond donors (Lipinski definition) is 2. The Morgan fingerprint density at radius 1 is 1.18 bits per heavy atom. The highest BCUT2D eigenvalue weighted by Crippen LogP contribution is 2.18. The highest BCUT2D eigenvalue weighted by Gasteiger charge is 2.10. The molecule has 0 heterocycles. The topological polar surface area (TPSA) is 70.9 Å². The van der Waals surface area contributed by atoms with Crippen LogP contribution in [0.3, 0.4) is 0 Å². The number of benzene rings is 2. The molecule has 0 aliphatic carbocycles. The summed E-state index contributed by atoms with van der Waals surface area (Å²) in [5.74, 6) is -0.865. The second-order valence-corrected chi connectivity index (χ2v) is 4.13. The van der Waals surface area contributed by atoms with E-state index in [1.807, 2.05) is 0 Å². The molecule has 7 heteroatoms. The molecule has 2 aromatic carbocycles. The van der Waals surface area contributed by atoms with E-state index >= 15 is 0 Å². The maximum Gasteiger partial charge on any atom is 0.387 e. The van der Waals surface area contributed by atoms with Crippen molar-refractivity contribution in [3.8, 4) is 11.5 Å². The Morgan fingerprint density at radius 2 is 1.86 bits per heavy atom. The molecular weight excluding hydrogens is 294 g/mol. The van der Waals surface area contributed by atoms with Gasteiger partial charge < -0.3 is 9.84 Å². The van der Waals surface area contributed by atoms with Crippen LogP contribution in [0.25, 0.3) is 0 Å². The van der Waals surface area contributed by atoms with Crippen LogP contribution in [-0.2, 0) is 0 Å². The molecule has 0 saturated heterocycles. The first kappa shape index (κ1) is 15.4. The molecule has 0 bridgehead atoms. The normalized spacial score (nSPS) is 10.9. The van der Waals surface area contributed by atoms with Crippen LogP contribution in [0.1, 0.15) is 15.9 Å². The number of phenolic OH excluding ortho intramolecular Hbond substituents is 1. The number of halogens is 2. The van der Waals surface area contributed by atoms with Crippen molar-refractivity contribution in [3.63, 3.8) is 0 Å². The predicted octanol–water partition coefficient (Wildman–Crippen LogP) is 2.76. The van der Waals surface area contributed by atoms with Crippen LogP contribution in [0.15, 0.2) is 53.6 Å². The number of carbonyl (C=O) groups excluding carboxylic acids is 1. The van der Waals surface area contributed by atoms with Crippen molar-refractivity contribution in [2.45, 2.75) is 6.61 Å². The molecule has 2 rings (SSSR count). The predicted molar refractivity (Wildman–Crippen MR) is 76.2 cm³/mol. The van der Waals surface area contributed by atoms with Gasteiger partial charge in [-0.2, -0.15) is 13.9 Å². The number of hydrogen-bond acceptors (Lipinski definition) is 4. The number of rotatable bonds is 5. The van der Waals surface area contributed by atoms with Crippen molar-refractivity contribution in [1.82, 2.24) is 5.43 Å². The standard InChI is InChI=1S/C15H12F2N2O3/c16-15(17)22-13-8-4-1-5-10(13)9-18-19-14(21)11-6-2-3-7-12(11)20/h1-9,15,20H,(H,19,21). The van der Waals surface area contributed by atoms with E-state index in [9.17, 15) is 18.7 Å². The van der Waals surface area contributed by atoms with Gasteiger partial charge in [0, 0.05) is 5.56 Å². The summed E-state index contributed by atoms with van der Waals surface area (Å²) in [6.07, 6.45) is 1.18. The number of alkyl halides is 2. The molecular formula is C15H12F2N2O3. The minimum absolute atomic E-state index is 0.0526. The number of aromatic hydroxyl groups is 1. The minimum Gasteiger partial charge on any atom is -0.507 e. The van der Waals surface area contributed by atoms with Crippen molar-refractivity contribution in [3.05, 3.63) is 59.7 Å². The van der Waals surface area contributed by atoms with E-state index < -0.39 is 12.5 Å². The molecule has 0 aromatic heterocycles.